The third-order valence-electron chi connectivity index (χ3n) is 3.56. The summed E-state index contributed by atoms with van der Waals surface area (Å²) in [6, 6.07) is 6.40. The lowest BCUT2D eigenvalue weighted by Gasteiger charge is -2.30. The van der Waals surface area contributed by atoms with Gasteiger partial charge in [-0.1, -0.05) is 12.1 Å². The SMILES string of the molecule is CNCc1ccc2c(c1)CCC(=O)N2CCCCN. The molecule has 19 heavy (non-hydrogen) atoms. The molecule has 0 saturated carbocycles. The summed E-state index contributed by atoms with van der Waals surface area (Å²) in [5.74, 6) is 0.242. The van der Waals surface area contributed by atoms with Gasteiger partial charge in [-0.2, -0.15) is 0 Å². The van der Waals surface area contributed by atoms with Crippen molar-refractivity contribution in [2.45, 2.75) is 32.2 Å². The maximum atomic E-state index is 12.0. The summed E-state index contributed by atoms with van der Waals surface area (Å²) in [5, 5.41) is 3.16. The number of hydrogen-bond donors (Lipinski definition) is 2. The standard InChI is InChI=1S/C15H23N3O/c1-17-11-12-4-6-14-13(10-12)5-7-15(19)18(14)9-3-2-8-16/h4,6,10,17H,2-3,5,7-9,11,16H2,1H3. The van der Waals surface area contributed by atoms with Gasteiger partial charge >= 0.3 is 0 Å². The summed E-state index contributed by atoms with van der Waals surface area (Å²) in [4.78, 5) is 14.0. The van der Waals surface area contributed by atoms with E-state index in [-0.39, 0.29) is 5.91 Å². The van der Waals surface area contributed by atoms with Crippen molar-refractivity contribution >= 4 is 11.6 Å². The van der Waals surface area contributed by atoms with Crippen molar-refractivity contribution in [3.63, 3.8) is 0 Å². The number of hydrogen-bond acceptors (Lipinski definition) is 3. The molecular weight excluding hydrogens is 238 g/mol. The molecule has 1 aromatic rings. The van der Waals surface area contributed by atoms with Gasteiger partial charge in [-0.3, -0.25) is 4.79 Å². The molecule has 0 saturated heterocycles. The maximum Gasteiger partial charge on any atom is 0.227 e. The quantitative estimate of drug-likeness (QED) is 0.762. The number of benzene rings is 1. The Kier molecular flexibility index (Phi) is 4.93. The molecular formula is C15H23N3O. The summed E-state index contributed by atoms with van der Waals surface area (Å²) < 4.78 is 0. The van der Waals surface area contributed by atoms with Crippen molar-refractivity contribution < 1.29 is 4.79 Å². The second kappa shape index (κ2) is 6.68. The molecule has 0 fully saturated rings. The zero-order valence-electron chi connectivity index (χ0n) is 11.6. The average molecular weight is 261 g/mol. The molecule has 1 heterocycles. The Morgan fingerprint density at radius 3 is 2.89 bits per heavy atom. The lowest BCUT2D eigenvalue weighted by molar-refractivity contribution is -0.118. The first-order chi connectivity index (χ1) is 9.26. The molecule has 0 aliphatic carbocycles. The van der Waals surface area contributed by atoms with Crippen LogP contribution in [0.4, 0.5) is 5.69 Å². The first-order valence-corrected chi connectivity index (χ1v) is 7.03. The summed E-state index contributed by atoms with van der Waals surface area (Å²) in [5.41, 5.74) is 9.17. The molecule has 1 amide bonds. The first kappa shape index (κ1) is 14.0. The van der Waals surface area contributed by atoms with E-state index >= 15 is 0 Å². The van der Waals surface area contributed by atoms with E-state index in [1.54, 1.807) is 0 Å². The molecule has 2 rings (SSSR count). The van der Waals surface area contributed by atoms with E-state index in [0.717, 1.165) is 38.0 Å². The summed E-state index contributed by atoms with van der Waals surface area (Å²) in [6.45, 7) is 2.35. The average Bonchev–Trinajstić information content (AvgIpc) is 2.42. The number of nitrogens with one attached hydrogen (secondary N) is 1. The zero-order chi connectivity index (χ0) is 13.7. The van der Waals surface area contributed by atoms with Crippen LogP contribution in [-0.4, -0.2) is 26.0 Å². The highest BCUT2D eigenvalue weighted by Gasteiger charge is 2.23. The largest absolute Gasteiger partial charge is 0.330 e. The van der Waals surface area contributed by atoms with Gasteiger partial charge in [0.1, 0.15) is 0 Å². The number of carbonyl (C=O) groups is 1. The maximum absolute atomic E-state index is 12.0. The van der Waals surface area contributed by atoms with Crippen molar-refractivity contribution in [3.8, 4) is 0 Å². The number of nitrogens with two attached hydrogens (primary N) is 1. The molecule has 4 nitrogen and oxygen atoms in total. The molecule has 0 unspecified atom stereocenters. The van der Waals surface area contributed by atoms with E-state index in [4.69, 9.17) is 5.73 Å². The van der Waals surface area contributed by atoms with E-state index in [1.807, 2.05) is 11.9 Å². The Labute approximate surface area is 115 Å². The minimum absolute atomic E-state index is 0.242. The molecule has 0 aromatic heterocycles. The number of nitrogens with zero attached hydrogens (tertiary/aromatic N) is 1. The zero-order valence-corrected chi connectivity index (χ0v) is 11.6. The van der Waals surface area contributed by atoms with Crippen LogP contribution < -0.4 is 16.0 Å². The molecule has 4 heteroatoms. The van der Waals surface area contributed by atoms with E-state index in [2.05, 4.69) is 23.5 Å². The molecule has 0 radical (unpaired) electrons. The fourth-order valence-electron chi connectivity index (χ4n) is 2.59. The summed E-state index contributed by atoms with van der Waals surface area (Å²) in [6.07, 6.45) is 3.43. The predicted molar refractivity (Wildman–Crippen MR) is 78.2 cm³/mol. The highest BCUT2D eigenvalue weighted by molar-refractivity contribution is 5.96. The minimum atomic E-state index is 0.242. The van der Waals surface area contributed by atoms with Gasteiger partial charge in [0, 0.05) is 25.2 Å². The molecule has 3 N–H and O–H groups in total. The number of carbonyl (C=O) groups excluding carboxylic acids is 1. The van der Waals surface area contributed by atoms with Crippen LogP contribution in [0.1, 0.15) is 30.4 Å². The van der Waals surface area contributed by atoms with E-state index in [1.165, 1.54) is 11.1 Å². The molecule has 0 spiro atoms. The van der Waals surface area contributed by atoms with Crippen molar-refractivity contribution in [2.24, 2.45) is 5.73 Å². The lowest BCUT2D eigenvalue weighted by Crippen LogP contribution is -2.36. The fraction of sp³-hybridized carbons (Fsp3) is 0.533. The molecule has 0 atom stereocenters. The van der Waals surface area contributed by atoms with Gasteiger partial charge in [-0.05, 0) is 50.0 Å². The van der Waals surface area contributed by atoms with E-state index < -0.39 is 0 Å². The highest BCUT2D eigenvalue weighted by atomic mass is 16.2. The van der Waals surface area contributed by atoms with Gasteiger partial charge in [-0.25, -0.2) is 0 Å². The number of rotatable bonds is 6. The Hall–Kier alpha value is -1.39. The Morgan fingerprint density at radius 2 is 2.16 bits per heavy atom. The van der Waals surface area contributed by atoms with Crippen LogP contribution in [0, 0.1) is 0 Å². The van der Waals surface area contributed by atoms with Gasteiger partial charge < -0.3 is 16.0 Å². The predicted octanol–water partition coefficient (Wildman–Crippen LogP) is 1.42. The monoisotopic (exact) mass is 261 g/mol. The number of unbranched alkanes of at least 4 members (excludes halogenated alkanes) is 1. The molecule has 1 aliphatic heterocycles. The van der Waals surface area contributed by atoms with E-state index in [0.29, 0.717) is 13.0 Å². The van der Waals surface area contributed by atoms with Gasteiger partial charge in [-0.15, -0.1) is 0 Å². The topological polar surface area (TPSA) is 58.4 Å². The third-order valence-corrected chi connectivity index (χ3v) is 3.56. The third kappa shape index (κ3) is 3.33. The van der Waals surface area contributed by atoms with Crippen LogP contribution in [0.3, 0.4) is 0 Å². The normalized spacial score (nSPS) is 14.6. The summed E-state index contributed by atoms with van der Waals surface area (Å²) >= 11 is 0. The van der Waals surface area contributed by atoms with Crippen molar-refractivity contribution in [1.29, 1.82) is 0 Å². The Bertz CT molecular complexity index is 445. The van der Waals surface area contributed by atoms with Crippen molar-refractivity contribution in [3.05, 3.63) is 29.3 Å². The fourth-order valence-corrected chi connectivity index (χ4v) is 2.59. The Balaban J connectivity index is 2.16. The van der Waals surface area contributed by atoms with Crippen LogP contribution in [0.15, 0.2) is 18.2 Å². The van der Waals surface area contributed by atoms with Crippen LogP contribution >= 0.6 is 0 Å². The lowest BCUT2D eigenvalue weighted by atomic mass is 9.98. The van der Waals surface area contributed by atoms with Crippen LogP contribution in [-0.2, 0) is 17.8 Å². The molecule has 1 aliphatic rings. The van der Waals surface area contributed by atoms with Gasteiger partial charge in [0.25, 0.3) is 0 Å². The van der Waals surface area contributed by atoms with Crippen LogP contribution in [0.2, 0.25) is 0 Å². The second-order valence-corrected chi connectivity index (χ2v) is 5.03. The molecule has 1 aromatic carbocycles. The van der Waals surface area contributed by atoms with E-state index in [9.17, 15) is 4.79 Å². The Morgan fingerprint density at radius 1 is 1.32 bits per heavy atom. The smallest absolute Gasteiger partial charge is 0.227 e. The van der Waals surface area contributed by atoms with Crippen LogP contribution in [0.5, 0.6) is 0 Å². The van der Waals surface area contributed by atoms with Gasteiger partial charge in [0.15, 0.2) is 0 Å². The highest BCUT2D eigenvalue weighted by Crippen LogP contribution is 2.29. The van der Waals surface area contributed by atoms with Crippen LogP contribution in [0.25, 0.3) is 0 Å². The molecule has 104 valence electrons. The number of anilines is 1. The second-order valence-electron chi connectivity index (χ2n) is 5.03. The summed E-state index contributed by atoms with van der Waals surface area (Å²) in [7, 11) is 1.95. The number of amides is 1. The van der Waals surface area contributed by atoms with Gasteiger partial charge in [0.05, 0.1) is 0 Å². The number of aryl methyl sites for hydroxylation is 1. The first-order valence-electron chi connectivity index (χ1n) is 7.03. The minimum Gasteiger partial charge on any atom is -0.330 e. The van der Waals surface area contributed by atoms with Crippen molar-refractivity contribution in [2.75, 3.05) is 25.0 Å². The molecule has 0 bridgehead atoms. The number of fused-ring (bicyclic) bond motifs is 1. The van der Waals surface area contributed by atoms with Gasteiger partial charge in [0.2, 0.25) is 5.91 Å². The van der Waals surface area contributed by atoms with Crippen molar-refractivity contribution in [1.82, 2.24) is 5.32 Å².